The van der Waals surface area contributed by atoms with E-state index in [0.29, 0.717) is 11.3 Å². The Kier molecular flexibility index (Phi) is 3.82. The van der Waals surface area contributed by atoms with Crippen LogP contribution in [0.3, 0.4) is 0 Å². The Balaban J connectivity index is 2.35. The van der Waals surface area contributed by atoms with Gasteiger partial charge in [-0.3, -0.25) is 4.72 Å². The zero-order valence-corrected chi connectivity index (χ0v) is 12.0. The summed E-state index contributed by atoms with van der Waals surface area (Å²) >= 11 is 0. The molecule has 2 rings (SSSR count). The number of benzene rings is 1. The number of nitrogens with one attached hydrogen (secondary N) is 1. The van der Waals surface area contributed by atoms with Crippen LogP contribution >= 0.6 is 0 Å². The van der Waals surface area contributed by atoms with Gasteiger partial charge < -0.3 is 10.3 Å². The Morgan fingerprint density at radius 3 is 2.55 bits per heavy atom. The number of nitrogens with two attached hydrogens (primary N) is 1. The molecule has 0 atom stereocenters. The highest BCUT2D eigenvalue weighted by Gasteiger charge is 2.17. The lowest BCUT2D eigenvalue weighted by Gasteiger charge is -2.07. The monoisotopic (exact) mass is 297 g/mol. The molecule has 0 radical (unpaired) electrons. The Morgan fingerprint density at radius 2 is 2.00 bits per heavy atom. The van der Waals surface area contributed by atoms with Crippen molar-refractivity contribution < 1.29 is 12.8 Å². The summed E-state index contributed by atoms with van der Waals surface area (Å²) in [6.45, 7) is 1.93. The average Bonchev–Trinajstić information content (AvgIpc) is 2.69. The largest absolute Gasteiger partial charge is 0.352 e. The van der Waals surface area contributed by atoms with Crippen molar-refractivity contribution in [3.05, 3.63) is 47.5 Å². The van der Waals surface area contributed by atoms with Gasteiger partial charge in [0.05, 0.1) is 5.69 Å². The van der Waals surface area contributed by atoms with Crippen LogP contribution in [0, 0.1) is 12.7 Å². The average molecular weight is 297 g/mol. The van der Waals surface area contributed by atoms with Crippen molar-refractivity contribution in [2.45, 2.75) is 18.4 Å². The Hall–Kier alpha value is -1.86. The van der Waals surface area contributed by atoms with Crippen molar-refractivity contribution in [3.8, 4) is 0 Å². The van der Waals surface area contributed by atoms with Crippen molar-refractivity contribution >= 4 is 15.7 Å². The summed E-state index contributed by atoms with van der Waals surface area (Å²) in [6, 6.07) is 5.52. The van der Waals surface area contributed by atoms with E-state index in [1.807, 2.05) is 0 Å². The van der Waals surface area contributed by atoms with E-state index in [1.54, 1.807) is 24.6 Å². The van der Waals surface area contributed by atoms with Gasteiger partial charge in [-0.1, -0.05) is 0 Å². The fraction of sp³-hybridized carbons (Fsp3) is 0.231. The Labute approximate surface area is 117 Å². The van der Waals surface area contributed by atoms with Crippen LogP contribution < -0.4 is 10.5 Å². The smallest absolute Gasteiger partial charge is 0.263 e. The van der Waals surface area contributed by atoms with Gasteiger partial charge in [0, 0.05) is 25.5 Å². The van der Waals surface area contributed by atoms with Crippen LogP contribution in [-0.2, 0) is 23.6 Å². The summed E-state index contributed by atoms with van der Waals surface area (Å²) in [4.78, 5) is 0.0994. The van der Waals surface area contributed by atoms with Gasteiger partial charge in [-0.25, -0.2) is 12.8 Å². The number of halogens is 1. The molecule has 1 aromatic heterocycles. The van der Waals surface area contributed by atoms with Gasteiger partial charge in [0.1, 0.15) is 10.7 Å². The highest BCUT2D eigenvalue weighted by Crippen LogP contribution is 2.20. The standard InChI is InChI=1S/C13H16FN3O2S/c1-9-3-10(14)5-11(4-9)16-20(18,19)13-6-12(7-15)17(2)8-13/h3-6,8,16H,7,15H2,1-2H3. The van der Waals surface area contributed by atoms with Crippen molar-refractivity contribution in [2.24, 2.45) is 12.8 Å². The minimum Gasteiger partial charge on any atom is -0.352 e. The molecule has 0 amide bonds. The van der Waals surface area contributed by atoms with E-state index >= 15 is 0 Å². The fourth-order valence-electron chi connectivity index (χ4n) is 1.94. The summed E-state index contributed by atoms with van der Waals surface area (Å²) in [5.74, 6) is -0.488. The van der Waals surface area contributed by atoms with Crippen molar-refractivity contribution in [3.63, 3.8) is 0 Å². The molecule has 1 aromatic carbocycles. The van der Waals surface area contributed by atoms with Crippen LogP contribution in [0.15, 0.2) is 35.4 Å². The molecule has 0 spiro atoms. The van der Waals surface area contributed by atoms with Crippen molar-refractivity contribution in [2.75, 3.05) is 4.72 Å². The Morgan fingerprint density at radius 1 is 1.30 bits per heavy atom. The maximum atomic E-state index is 13.3. The third-order valence-corrected chi connectivity index (χ3v) is 4.24. The summed E-state index contributed by atoms with van der Waals surface area (Å²) in [5, 5.41) is 0. The SMILES string of the molecule is Cc1cc(F)cc(NS(=O)(=O)c2cc(CN)n(C)c2)c1. The third kappa shape index (κ3) is 3.00. The van der Waals surface area contributed by atoms with Gasteiger partial charge in [0.2, 0.25) is 0 Å². The number of aryl methyl sites for hydroxylation is 2. The lowest BCUT2D eigenvalue weighted by atomic mass is 10.2. The molecular formula is C13H16FN3O2S. The van der Waals surface area contributed by atoms with Gasteiger partial charge in [-0.15, -0.1) is 0 Å². The number of anilines is 1. The second-order valence-electron chi connectivity index (χ2n) is 4.60. The van der Waals surface area contributed by atoms with Crippen molar-refractivity contribution in [1.82, 2.24) is 4.57 Å². The molecule has 0 saturated carbocycles. The normalized spacial score (nSPS) is 11.6. The lowest BCUT2D eigenvalue weighted by molar-refractivity contribution is 0.601. The van der Waals surface area contributed by atoms with Crippen LogP contribution in [0.25, 0.3) is 0 Å². The van der Waals surface area contributed by atoms with Crippen molar-refractivity contribution in [1.29, 1.82) is 0 Å². The first-order valence-electron chi connectivity index (χ1n) is 5.97. The summed E-state index contributed by atoms with van der Waals surface area (Å²) < 4.78 is 41.7. The first-order chi connectivity index (χ1) is 9.31. The molecule has 7 heteroatoms. The van der Waals surface area contributed by atoms with Gasteiger partial charge in [-0.2, -0.15) is 0 Å². The van der Waals surface area contributed by atoms with Crippen LogP contribution in [0.2, 0.25) is 0 Å². The Bertz CT molecular complexity index is 718. The molecule has 0 saturated heterocycles. The fourth-order valence-corrected chi connectivity index (χ4v) is 3.07. The summed E-state index contributed by atoms with van der Waals surface area (Å²) in [7, 11) is -2.04. The zero-order valence-electron chi connectivity index (χ0n) is 11.2. The van der Waals surface area contributed by atoms with E-state index in [2.05, 4.69) is 4.72 Å². The molecule has 0 unspecified atom stereocenters. The predicted molar refractivity (Wildman–Crippen MR) is 75.2 cm³/mol. The van der Waals surface area contributed by atoms with Gasteiger partial charge >= 0.3 is 0 Å². The highest BCUT2D eigenvalue weighted by molar-refractivity contribution is 7.92. The molecule has 0 bridgehead atoms. The minimum atomic E-state index is -3.75. The zero-order chi connectivity index (χ0) is 14.9. The molecule has 0 aliphatic heterocycles. The minimum absolute atomic E-state index is 0.0994. The third-order valence-electron chi connectivity index (χ3n) is 2.90. The van der Waals surface area contributed by atoms with E-state index in [9.17, 15) is 12.8 Å². The summed E-state index contributed by atoms with van der Waals surface area (Å²) in [6.07, 6.45) is 1.47. The van der Waals surface area contributed by atoms with Crippen LogP contribution in [-0.4, -0.2) is 13.0 Å². The van der Waals surface area contributed by atoms with Crippen LogP contribution in [0.5, 0.6) is 0 Å². The van der Waals surface area contributed by atoms with Gasteiger partial charge in [-0.05, 0) is 36.8 Å². The quantitative estimate of drug-likeness (QED) is 0.902. The molecule has 20 heavy (non-hydrogen) atoms. The molecule has 108 valence electrons. The number of hydrogen-bond donors (Lipinski definition) is 2. The molecule has 0 fully saturated rings. The molecule has 0 aliphatic carbocycles. The first kappa shape index (κ1) is 14.5. The number of nitrogens with zero attached hydrogens (tertiary/aromatic N) is 1. The van der Waals surface area contributed by atoms with E-state index in [1.165, 1.54) is 18.3 Å². The predicted octanol–water partition coefficient (Wildman–Crippen LogP) is 1.73. The molecule has 2 aromatic rings. The van der Waals surface area contributed by atoms with E-state index < -0.39 is 15.8 Å². The van der Waals surface area contributed by atoms with E-state index in [4.69, 9.17) is 5.73 Å². The van der Waals surface area contributed by atoms with Gasteiger partial charge in [0.15, 0.2) is 0 Å². The number of sulfonamides is 1. The molecule has 0 aliphatic rings. The second kappa shape index (κ2) is 5.26. The van der Waals surface area contributed by atoms with Crippen LogP contribution in [0.1, 0.15) is 11.3 Å². The maximum absolute atomic E-state index is 13.3. The topological polar surface area (TPSA) is 77.1 Å². The number of hydrogen-bond acceptors (Lipinski definition) is 3. The van der Waals surface area contributed by atoms with Gasteiger partial charge in [0.25, 0.3) is 10.0 Å². The number of aromatic nitrogens is 1. The second-order valence-corrected chi connectivity index (χ2v) is 6.29. The molecule has 5 nitrogen and oxygen atoms in total. The van der Waals surface area contributed by atoms with Crippen LogP contribution in [0.4, 0.5) is 10.1 Å². The maximum Gasteiger partial charge on any atom is 0.263 e. The molecule has 3 N–H and O–H groups in total. The van der Waals surface area contributed by atoms with E-state index in [-0.39, 0.29) is 17.1 Å². The highest BCUT2D eigenvalue weighted by atomic mass is 32.2. The molecular weight excluding hydrogens is 281 g/mol. The summed E-state index contributed by atoms with van der Waals surface area (Å²) in [5.41, 5.74) is 7.04. The molecule has 1 heterocycles. The number of rotatable bonds is 4. The lowest BCUT2D eigenvalue weighted by Crippen LogP contribution is -2.12. The van der Waals surface area contributed by atoms with E-state index in [0.717, 1.165) is 6.07 Å². The first-order valence-corrected chi connectivity index (χ1v) is 7.45.